The first-order valence-electron chi connectivity index (χ1n) is 9.74. The van der Waals surface area contributed by atoms with Gasteiger partial charge in [0.25, 0.3) is 11.8 Å². The number of carbonyl (C=O) groups excluding carboxylic acids is 1. The highest BCUT2D eigenvalue weighted by Gasteiger charge is 2.33. The molecule has 0 aliphatic carbocycles. The number of aromatic nitrogens is 5. The van der Waals surface area contributed by atoms with Crippen LogP contribution in [0.15, 0.2) is 36.9 Å². The van der Waals surface area contributed by atoms with Crippen molar-refractivity contribution in [2.45, 2.75) is 32.0 Å². The van der Waals surface area contributed by atoms with Crippen LogP contribution in [-0.2, 0) is 6.18 Å². The average molecular weight is 450 g/mol. The predicted molar refractivity (Wildman–Crippen MR) is 103 cm³/mol. The van der Waals surface area contributed by atoms with Crippen LogP contribution >= 0.6 is 0 Å². The molecule has 1 amide bonds. The Morgan fingerprint density at radius 2 is 1.91 bits per heavy atom. The number of aryl methyl sites for hydroxylation is 1. The lowest BCUT2D eigenvalue weighted by atomic mass is 10.1. The lowest BCUT2D eigenvalue weighted by Gasteiger charge is -2.33. The third kappa shape index (κ3) is 4.53. The van der Waals surface area contributed by atoms with Crippen LogP contribution < -0.4 is 4.74 Å². The largest absolute Gasteiger partial charge is 0.470 e. The number of hydrogen-bond donors (Lipinski definition) is 0. The standard InChI is InChI=1S/C20H18F4N6O2/c1-12-7-15(17(25-9-12)30-27-4-5-28-30)19(31)29-6-2-3-14(11-29)32-18-16(21)8-13(10-26-18)20(22,23)24/h4-5,7-10,14H,2-3,6,11H2,1H3. The van der Waals surface area contributed by atoms with E-state index in [9.17, 15) is 22.4 Å². The SMILES string of the molecule is Cc1cnc(-n2nccn2)c(C(=O)N2CCCC(Oc3ncc(C(F)(F)F)cc3F)C2)c1. The number of carbonyl (C=O) groups is 1. The number of ether oxygens (including phenoxy) is 1. The molecular weight excluding hydrogens is 432 g/mol. The maximum atomic E-state index is 14.1. The molecule has 0 radical (unpaired) electrons. The molecule has 1 aliphatic heterocycles. The van der Waals surface area contributed by atoms with Gasteiger partial charge in [0.15, 0.2) is 11.6 Å². The lowest BCUT2D eigenvalue weighted by molar-refractivity contribution is -0.138. The molecule has 1 unspecified atom stereocenters. The van der Waals surface area contributed by atoms with Crippen molar-refractivity contribution in [2.75, 3.05) is 13.1 Å². The minimum Gasteiger partial charge on any atom is -0.470 e. The van der Waals surface area contributed by atoms with Gasteiger partial charge in [0, 0.05) is 18.9 Å². The molecule has 3 aromatic rings. The number of nitrogens with zero attached hydrogens (tertiary/aromatic N) is 6. The minimum atomic E-state index is -4.70. The Bertz CT molecular complexity index is 1120. The summed E-state index contributed by atoms with van der Waals surface area (Å²) in [4.78, 5) is 23.8. The monoisotopic (exact) mass is 450 g/mol. The highest BCUT2D eigenvalue weighted by atomic mass is 19.4. The molecule has 0 saturated carbocycles. The highest BCUT2D eigenvalue weighted by molar-refractivity contribution is 5.97. The quantitative estimate of drug-likeness (QED) is 0.568. The number of halogens is 4. The molecule has 32 heavy (non-hydrogen) atoms. The third-order valence-corrected chi connectivity index (χ3v) is 4.92. The summed E-state index contributed by atoms with van der Waals surface area (Å²) in [5.41, 5.74) is -0.139. The van der Waals surface area contributed by atoms with E-state index in [0.717, 1.165) is 5.56 Å². The molecule has 1 saturated heterocycles. The fraction of sp³-hybridized carbons (Fsp3) is 0.350. The second-order valence-electron chi connectivity index (χ2n) is 7.34. The van der Waals surface area contributed by atoms with Gasteiger partial charge in [-0.2, -0.15) is 23.4 Å². The summed E-state index contributed by atoms with van der Waals surface area (Å²) in [5, 5.41) is 8.05. The summed E-state index contributed by atoms with van der Waals surface area (Å²) in [5.74, 6) is -1.80. The van der Waals surface area contributed by atoms with Crippen molar-refractivity contribution in [1.29, 1.82) is 0 Å². The number of piperidine rings is 1. The fourth-order valence-corrected chi connectivity index (χ4v) is 3.42. The first-order valence-corrected chi connectivity index (χ1v) is 9.74. The molecule has 0 aromatic carbocycles. The maximum Gasteiger partial charge on any atom is 0.417 e. The van der Waals surface area contributed by atoms with E-state index >= 15 is 0 Å². The summed E-state index contributed by atoms with van der Waals surface area (Å²) >= 11 is 0. The Hall–Kier alpha value is -3.57. The van der Waals surface area contributed by atoms with Crippen LogP contribution in [-0.4, -0.2) is 55.0 Å². The van der Waals surface area contributed by atoms with Gasteiger partial charge in [0.05, 0.1) is 30.1 Å². The molecule has 8 nitrogen and oxygen atoms in total. The number of pyridine rings is 2. The zero-order valence-corrected chi connectivity index (χ0v) is 16.9. The molecule has 0 spiro atoms. The molecule has 1 fully saturated rings. The predicted octanol–water partition coefficient (Wildman–Crippen LogP) is 3.21. The number of amides is 1. The lowest BCUT2D eigenvalue weighted by Crippen LogP contribution is -2.45. The Morgan fingerprint density at radius 3 is 2.59 bits per heavy atom. The molecule has 12 heteroatoms. The average Bonchev–Trinajstić information content (AvgIpc) is 3.29. The second kappa shape index (κ2) is 8.52. The van der Waals surface area contributed by atoms with Gasteiger partial charge in [-0.05, 0) is 37.5 Å². The summed E-state index contributed by atoms with van der Waals surface area (Å²) < 4.78 is 57.8. The Kier molecular flexibility index (Phi) is 5.76. The number of rotatable bonds is 4. The van der Waals surface area contributed by atoms with E-state index in [2.05, 4.69) is 20.2 Å². The maximum absolute atomic E-state index is 14.1. The van der Waals surface area contributed by atoms with Crippen LogP contribution in [0.4, 0.5) is 17.6 Å². The van der Waals surface area contributed by atoms with E-state index < -0.39 is 29.5 Å². The second-order valence-corrected chi connectivity index (χ2v) is 7.34. The van der Waals surface area contributed by atoms with Crippen molar-refractivity contribution in [3.63, 3.8) is 0 Å². The van der Waals surface area contributed by atoms with E-state index in [0.29, 0.717) is 37.2 Å². The van der Waals surface area contributed by atoms with Crippen molar-refractivity contribution in [1.82, 2.24) is 29.9 Å². The van der Waals surface area contributed by atoms with E-state index in [4.69, 9.17) is 4.74 Å². The minimum absolute atomic E-state index is 0.112. The zero-order valence-electron chi connectivity index (χ0n) is 16.9. The summed E-state index contributed by atoms with van der Waals surface area (Å²) in [7, 11) is 0. The van der Waals surface area contributed by atoms with Gasteiger partial charge in [-0.15, -0.1) is 4.80 Å². The summed E-state index contributed by atoms with van der Waals surface area (Å²) in [6.45, 7) is 2.34. The van der Waals surface area contributed by atoms with E-state index in [1.807, 2.05) is 0 Å². The van der Waals surface area contributed by atoms with Crippen molar-refractivity contribution in [2.24, 2.45) is 0 Å². The Balaban J connectivity index is 1.52. The van der Waals surface area contributed by atoms with Gasteiger partial charge in [-0.3, -0.25) is 4.79 Å². The summed E-state index contributed by atoms with van der Waals surface area (Å²) in [6, 6.07) is 2.02. The van der Waals surface area contributed by atoms with Crippen LogP contribution in [0.5, 0.6) is 5.88 Å². The molecule has 168 valence electrons. The highest BCUT2D eigenvalue weighted by Crippen LogP contribution is 2.31. The van der Waals surface area contributed by atoms with Crippen LogP contribution in [0.25, 0.3) is 5.82 Å². The molecule has 4 heterocycles. The molecule has 3 aromatic heterocycles. The van der Waals surface area contributed by atoms with Crippen LogP contribution in [0.3, 0.4) is 0 Å². The normalized spacial score (nSPS) is 16.8. The van der Waals surface area contributed by atoms with Gasteiger partial charge >= 0.3 is 6.18 Å². The first kappa shape index (κ1) is 21.7. The van der Waals surface area contributed by atoms with Gasteiger partial charge in [-0.1, -0.05) is 0 Å². The Morgan fingerprint density at radius 1 is 1.16 bits per heavy atom. The molecule has 1 atom stereocenters. The van der Waals surface area contributed by atoms with Gasteiger partial charge in [0.1, 0.15) is 6.10 Å². The van der Waals surface area contributed by atoms with Crippen molar-refractivity contribution >= 4 is 5.91 Å². The molecule has 0 N–H and O–H groups in total. The van der Waals surface area contributed by atoms with E-state index in [-0.39, 0.29) is 18.3 Å². The van der Waals surface area contributed by atoms with Gasteiger partial charge in [0.2, 0.25) is 0 Å². The topological polar surface area (TPSA) is 86.0 Å². The molecule has 1 aliphatic rings. The van der Waals surface area contributed by atoms with E-state index in [1.165, 1.54) is 22.1 Å². The van der Waals surface area contributed by atoms with Crippen molar-refractivity contribution < 1.29 is 27.1 Å². The Labute approximate surface area is 179 Å². The summed E-state index contributed by atoms with van der Waals surface area (Å²) in [6.07, 6.45) is 0.763. The van der Waals surface area contributed by atoms with Crippen molar-refractivity contribution in [3.05, 3.63) is 59.4 Å². The van der Waals surface area contributed by atoms with Crippen LogP contribution in [0.2, 0.25) is 0 Å². The first-order chi connectivity index (χ1) is 15.2. The van der Waals surface area contributed by atoms with Gasteiger partial charge < -0.3 is 9.64 Å². The fourth-order valence-electron chi connectivity index (χ4n) is 3.42. The van der Waals surface area contributed by atoms with Gasteiger partial charge in [-0.25, -0.2) is 14.4 Å². The molecular formula is C20H18F4N6O2. The molecule has 0 bridgehead atoms. The number of likely N-dealkylation sites (tertiary alicyclic amines) is 1. The van der Waals surface area contributed by atoms with E-state index in [1.54, 1.807) is 19.2 Å². The number of hydrogen-bond acceptors (Lipinski definition) is 6. The third-order valence-electron chi connectivity index (χ3n) is 4.92. The van der Waals surface area contributed by atoms with Crippen LogP contribution in [0, 0.1) is 12.7 Å². The molecule has 4 rings (SSSR count). The van der Waals surface area contributed by atoms with Crippen LogP contribution in [0.1, 0.15) is 34.3 Å². The smallest absolute Gasteiger partial charge is 0.417 e. The number of alkyl halides is 3. The van der Waals surface area contributed by atoms with Crippen molar-refractivity contribution in [3.8, 4) is 11.7 Å². The zero-order chi connectivity index (χ0) is 22.9.